The molecule has 1 aliphatic carbocycles. The molecule has 1 aliphatic rings. The van der Waals surface area contributed by atoms with Gasteiger partial charge in [0, 0.05) is 23.1 Å². The summed E-state index contributed by atoms with van der Waals surface area (Å²) in [5.41, 5.74) is 1.58. The number of rotatable bonds is 3. The van der Waals surface area contributed by atoms with Crippen LogP contribution in [0.3, 0.4) is 0 Å². The third kappa shape index (κ3) is 1.95. The van der Waals surface area contributed by atoms with Crippen molar-refractivity contribution in [3.05, 3.63) is 36.0 Å². The van der Waals surface area contributed by atoms with Crippen molar-refractivity contribution in [2.24, 2.45) is 0 Å². The first-order chi connectivity index (χ1) is 8.78. The van der Waals surface area contributed by atoms with E-state index in [1.54, 1.807) is 6.07 Å². The van der Waals surface area contributed by atoms with Crippen LogP contribution in [0.1, 0.15) is 18.4 Å². The first-order valence-electron chi connectivity index (χ1n) is 6.05. The third-order valence-electron chi connectivity index (χ3n) is 3.19. The fraction of sp³-hybridized carbons (Fsp3) is 0.286. The minimum Gasteiger partial charge on any atom is -0.352 e. The van der Waals surface area contributed by atoms with E-state index in [2.05, 4.69) is 11.4 Å². The van der Waals surface area contributed by atoms with Gasteiger partial charge in [-0.15, -0.1) is 0 Å². The van der Waals surface area contributed by atoms with Gasteiger partial charge in [-0.05, 0) is 31.0 Å². The number of aromatic nitrogens is 1. The Morgan fingerprint density at radius 3 is 3.00 bits per heavy atom. The summed E-state index contributed by atoms with van der Waals surface area (Å²) >= 11 is 0. The van der Waals surface area contributed by atoms with Gasteiger partial charge in [0.25, 0.3) is 0 Å². The van der Waals surface area contributed by atoms with Gasteiger partial charge in [-0.2, -0.15) is 5.26 Å². The van der Waals surface area contributed by atoms with E-state index in [9.17, 15) is 4.79 Å². The van der Waals surface area contributed by atoms with Gasteiger partial charge in [0.15, 0.2) is 0 Å². The van der Waals surface area contributed by atoms with Crippen molar-refractivity contribution in [2.75, 3.05) is 0 Å². The first kappa shape index (κ1) is 10.8. The van der Waals surface area contributed by atoms with Gasteiger partial charge in [0.2, 0.25) is 5.91 Å². The summed E-state index contributed by atoms with van der Waals surface area (Å²) in [6.07, 6.45) is 4.05. The largest absolute Gasteiger partial charge is 0.352 e. The summed E-state index contributed by atoms with van der Waals surface area (Å²) in [7, 11) is 0. The van der Waals surface area contributed by atoms with Crippen LogP contribution < -0.4 is 5.32 Å². The highest BCUT2D eigenvalue weighted by atomic mass is 16.2. The molecule has 0 unspecified atom stereocenters. The molecule has 0 atom stereocenters. The molecular weight excluding hydrogens is 226 g/mol. The van der Waals surface area contributed by atoms with Crippen molar-refractivity contribution in [1.29, 1.82) is 5.26 Å². The Morgan fingerprint density at radius 2 is 2.28 bits per heavy atom. The van der Waals surface area contributed by atoms with Crippen molar-refractivity contribution >= 4 is 16.8 Å². The van der Waals surface area contributed by atoms with E-state index >= 15 is 0 Å². The zero-order valence-electron chi connectivity index (χ0n) is 9.89. The van der Waals surface area contributed by atoms with E-state index < -0.39 is 0 Å². The number of nitrogens with zero attached hydrogens (tertiary/aromatic N) is 2. The average Bonchev–Trinajstić information content (AvgIpc) is 3.09. The highest BCUT2D eigenvalue weighted by Crippen LogP contribution is 2.21. The van der Waals surface area contributed by atoms with E-state index in [1.165, 1.54) is 0 Å². The molecule has 0 saturated heterocycles. The number of amides is 1. The Morgan fingerprint density at radius 1 is 1.44 bits per heavy atom. The minimum atomic E-state index is 0.0392. The molecule has 0 radical (unpaired) electrons. The lowest BCUT2D eigenvalue weighted by Crippen LogP contribution is -2.28. The van der Waals surface area contributed by atoms with Crippen LogP contribution in [0.15, 0.2) is 30.5 Å². The zero-order chi connectivity index (χ0) is 12.5. The van der Waals surface area contributed by atoms with Crippen LogP contribution in [-0.4, -0.2) is 16.5 Å². The smallest absolute Gasteiger partial charge is 0.240 e. The van der Waals surface area contributed by atoms with Crippen LogP contribution in [0.5, 0.6) is 0 Å². The van der Waals surface area contributed by atoms with Crippen molar-refractivity contribution in [2.45, 2.75) is 25.4 Å². The maximum atomic E-state index is 11.8. The molecule has 90 valence electrons. The Bertz CT molecular complexity index is 647. The van der Waals surface area contributed by atoms with Crippen molar-refractivity contribution in [3.8, 4) is 6.07 Å². The Kier molecular flexibility index (Phi) is 2.52. The molecule has 1 heterocycles. The van der Waals surface area contributed by atoms with Gasteiger partial charge in [0.1, 0.15) is 6.54 Å². The van der Waals surface area contributed by atoms with Crippen LogP contribution in [0.4, 0.5) is 0 Å². The predicted octanol–water partition coefficient (Wildman–Crippen LogP) is 1.79. The summed E-state index contributed by atoms with van der Waals surface area (Å²) in [6, 6.07) is 10.00. The van der Waals surface area contributed by atoms with Gasteiger partial charge >= 0.3 is 0 Å². The number of carbonyl (C=O) groups excluding carboxylic acids is 1. The molecule has 1 aromatic heterocycles. The molecule has 18 heavy (non-hydrogen) atoms. The highest BCUT2D eigenvalue weighted by Gasteiger charge is 2.23. The molecule has 1 aromatic carbocycles. The predicted molar refractivity (Wildman–Crippen MR) is 67.8 cm³/mol. The Labute approximate surface area is 105 Å². The van der Waals surface area contributed by atoms with Crippen molar-refractivity contribution < 1.29 is 4.79 Å². The molecule has 0 bridgehead atoms. The standard InChI is InChI=1S/C14H13N3O/c15-8-10-2-1-3-13-12(10)6-7-17(13)9-14(18)16-11-4-5-11/h1-3,6-7,11H,4-5,9H2,(H,16,18). The Hall–Kier alpha value is -2.28. The lowest BCUT2D eigenvalue weighted by Gasteiger charge is -2.06. The van der Waals surface area contributed by atoms with E-state index in [4.69, 9.17) is 5.26 Å². The monoisotopic (exact) mass is 239 g/mol. The van der Waals surface area contributed by atoms with Crippen LogP contribution in [0.25, 0.3) is 10.9 Å². The van der Waals surface area contributed by atoms with E-state index in [1.807, 2.05) is 29.0 Å². The SMILES string of the molecule is N#Cc1cccc2c1ccn2CC(=O)NC1CC1. The van der Waals surface area contributed by atoms with Crippen LogP contribution in [-0.2, 0) is 11.3 Å². The number of fused-ring (bicyclic) bond motifs is 1. The minimum absolute atomic E-state index is 0.0392. The molecule has 2 aromatic rings. The second-order valence-electron chi connectivity index (χ2n) is 4.64. The van der Waals surface area contributed by atoms with Gasteiger partial charge in [-0.1, -0.05) is 6.07 Å². The summed E-state index contributed by atoms with van der Waals surface area (Å²) in [4.78, 5) is 11.8. The normalized spacial score (nSPS) is 14.4. The van der Waals surface area contributed by atoms with Gasteiger partial charge < -0.3 is 9.88 Å². The number of benzene rings is 1. The topological polar surface area (TPSA) is 57.8 Å². The molecule has 1 saturated carbocycles. The number of nitrogens with one attached hydrogen (secondary N) is 1. The summed E-state index contributed by atoms with van der Waals surface area (Å²) in [5.74, 6) is 0.0392. The molecule has 4 nitrogen and oxygen atoms in total. The maximum absolute atomic E-state index is 11.8. The maximum Gasteiger partial charge on any atom is 0.240 e. The van der Waals surface area contributed by atoms with Crippen LogP contribution >= 0.6 is 0 Å². The van der Waals surface area contributed by atoms with Gasteiger partial charge in [0.05, 0.1) is 11.6 Å². The lowest BCUT2D eigenvalue weighted by atomic mass is 10.1. The molecule has 1 amide bonds. The van der Waals surface area contributed by atoms with Crippen LogP contribution in [0.2, 0.25) is 0 Å². The quantitative estimate of drug-likeness (QED) is 0.887. The highest BCUT2D eigenvalue weighted by molar-refractivity contribution is 5.87. The number of nitriles is 1. The fourth-order valence-electron chi connectivity index (χ4n) is 2.11. The molecule has 0 spiro atoms. The van der Waals surface area contributed by atoms with Crippen molar-refractivity contribution in [1.82, 2.24) is 9.88 Å². The molecule has 1 N–H and O–H groups in total. The number of hydrogen-bond acceptors (Lipinski definition) is 2. The van der Waals surface area contributed by atoms with Gasteiger partial charge in [-0.3, -0.25) is 4.79 Å². The second kappa shape index (κ2) is 4.19. The fourth-order valence-corrected chi connectivity index (χ4v) is 2.11. The van der Waals surface area contributed by atoms with Crippen molar-refractivity contribution in [3.63, 3.8) is 0 Å². The van der Waals surface area contributed by atoms with Crippen LogP contribution in [0, 0.1) is 11.3 Å². The molecule has 1 fully saturated rings. The van der Waals surface area contributed by atoms with Gasteiger partial charge in [-0.25, -0.2) is 0 Å². The van der Waals surface area contributed by atoms with E-state index in [-0.39, 0.29) is 5.91 Å². The number of hydrogen-bond donors (Lipinski definition) is 1. The summed E-state index contributed by atoms with van der Waals surface area (Å²) in [6.45, 7) is 0.314. The molecule has 0 aliphatic heterocycles. The average molecular weight is 239 g/mol. The van der Waals surface area contributed by atoms with E-state index in [0.717, 1.165) is 23.7 Å². The Balaban J connectivity index is 1.88. The molecule has 3 rings (SSSR count). The lowest BCUT2D eigenvalue weighted by molar-refractivity contribution is -0.121. The van der Waals surface area contributed by atoms with E-state index in [0.29, 0.717) is 18.2 Å². The summed E-state index contributed by atoms with van der Waals surface area (Å²) in [5, 5.41) is 12.9. The second-order valence-corrected chi connectivity index (χ2v) is 4.64. The molecule has 4 heteroatoms. The zero-order valence-corrected chi connectivity index (χ0v) is 9.89. The molecular formula is C14H13N3O. The first-order valence-corrected chi connectivity index (χ1v) is 6.05. The third-order valence-corrected chi connectivity index (χ3v) is 3.19. The summed E-state index contributed by atoms with van der Waals surface area (Å²) < 4.78 is 1.88. The number of carbonyl (C=O) groups is 1.